The number of piperidine rings is 1. The summed E-state index contributed by atoms with van der Waals surface area (Å²) in [5, 5.41) is 4.90. The first kappa shape index (κ1) is 12.5. The second-order valence-electron chi connectivity index (χ2n) is 4.91. The van der Waals surface area contributed by atoms with Gasteiger partial charge in [-0.15, -0.1) is 0 Å². The van der Waals surface area contributed by atoms with E-state index in [1.165, 1.54) is 18.7 Å². The SMILES string of the molecule is O=C1NC(=O)C2(CCN(C(=O)c3cncnc3)CC2)N1. The molecule has 0 radical (unpaired) electrons. The maximum absolute atomic E-state index is 12.2. The molecular formula is C12H13N5O3. The third-order valence-corrected chi connectivity index (χ3v) is 3.73. The molecule has 104 valence electrons. The Hall–Kier alpha value is -2.51. The van der Waals surface area contributed by atoms with Gasteiger partial charge in [0.2, 0.25) is 0 Å². The fourth-order valence-corrected chi connectivity index (χ4v) is 2.56. The highest BCUT2D eigenvalue weighted by atomic mass is 16.2. The molecule has 2 aliphatic heterocycles. The van der Waals surface area contributed by atoms with Crippen LogP contribution in [0.4, 0.5) is 4.79 Å². The normalized spacial score (nSPS) is 20.7. The van der Waals surface area contributed by atoms with Crippen LogP contribution in [0.1, 0.15) is 23.2 Å². The van der Waals surface area contributed by atoms with Crippen molar-refractivity contribution in [1.82, 2.24) is 25.5 Å². The van der Waals surface area contributed by atoms with Gasteiger partial charge < -0.3 is 10.2 Å². The molecule has 3 heterocycles. The number of hydrogen-bond donors (Lipinski definition) is 2. The van der Waals surface area contributed by atoms with Gasteiger partial charge in [-0.25, -0.2) is 14.8 Å². The van der Waals surface area contributed by atoms with Crippen molar-refractivity contribution in [1.29, 1.82) is 0 Å². The number of carbonyl (C=O) groups excluding carboxylic acids is 3. The summed E-state index contributed by atoms with van der Waals surface area (Å²) in [6, 6.07) is -0.466. The van der Waals surface area contributed by atoms with Gasteiger partial charge in [-0.05, 0) is 12.8 Å². The summed E-state index contributed by atoms with van der Waals surface area (Å²) in [7, 11) is 0. The molecule has 20 heavy (non-hydrogen) atoms. The molecule has 2 fully saturated rings. The number of carbonyl (C=O) groups is 3. The van der Waals surface area contributed by atoms with Gasteiger partial charge in [0.1, 0.15) is 11.9 Å². The van der Waals surface area contributed by atoms with Crippen molar-refractivity contribution in [3.05, 3.63) is 24.3 Å². The number of nitrogens with one attached hydrogen (secondary N) is 2. The van der Waals surface area contributed by atoms with Crippen molar-refractivity contribution >= 4 is 17.8 Å². The number of aromatic nitrogens is 2. The Balaban J connectivity index is 1.69. The van der Waals surface area contributed by atoms with Crippen LogP contribution in [0.15, 0.2) is 18.7 Å². The zero-order chi connectivity index (χ0) is 14.2. The van der Waals surface area contributed by atoms with Crippen LogP contribution >= 0.6 is 0 Å². The Morgan fingerprint density at radius 2 is 1.85 bits per heavy atom. The van der Waals surface area contributed by atoms with Crippen LogP contribution in [0.25, 0.3) is 0 Å². The van der Waals surface area contributed by atoms with E-state index in [0.29, 0.717) is 31.5 Å². The minimum absolute atomic E-state index is 0.162. The molecular weight excluding hydrogens is 262 g/mol. The highest BCUT2D eigenvalue weighted by Crippen LogP contribution is 2.26. The summed E-state index contributed by atoms with van der Waals surface area (Å²) < 4.78 is 0. The van der Waals surface area contributed by atoms with Crippen LogP contribution in [0.3, 0.4) is 0 Å². The molecule has 3 rings (SSSR count). The van der Waals surface area contributed by atoms with E-state index >= 15 is 0 Å². The number of urea groups is 1. The first-order valence-corrected chi connectivity index (χ1v) is 6.29. The molecule has 0 atom stereocenters. The highest BCUT2D eigenvalue weighted by molar-refractivity contribution is 6.07. The Bertz CT molecular complexity index is 566. The van der Waals surface area contributed by atoms with Crippen LogP contribution in [-0.4, -0.2) is 51.3 Å². The van der Waals surface area contributed by atoms with Gasteiger partial charge in [-0.3, -0.25) is 14.9 Å². The lowest BCUT2D eigenvalue weighted by Gasteiger charge is -2.36. The molecule has 0 unspecified atom stereocenters. The second kappa shape index (κ2) is 4.55. The number of rotatable bonds is 1. The lowest BCUT2D eigenvalue weighted by atomic mass is 9.87. The molecule has 1 spiro atoms. The van der Waals surface area contributed by atoms with E-state index in [1.807, 2.05) is 0 Å². The monoisotopic (exact) mass is 275 g/mol. The predicted molar refractivity (Wildman–Crippen MR) is 66.6 cm³/mol. The van der Waals surface area contributed by atoms with Crippen molar-refractivity contribution in [3.63, 3.8) is 0 Å². The van der Waals surface area contributed by atoms with E-state index in [9.17, 15) is 14.4 Å². The topological polar surface area (TPSA) is 104 Å². The second-order valence-corrected chi connectivity index (χ2v) is 4.91. The van der Waals surface area contributed by atoms with Gasteiger partial charge in [0.15, 0.2) is 0 Å². The molecule has 0 aromatic carbocycles. The lowest BCUT2D eigenvalue weighted by Crippen LogP contribution is -2.55. The van der Waals surface area contributed by atoms with Crippen LogP contribution in [0.5, 0.6) is 0 Å². The Labute approximate surface area is 114 Å². The largest absolute Gasteiger partial charge is 0.338 e. The average Bonchev–Trinajstić information content (AvgIpc) is 2.74. The van der Waals surface area contributed by atoms with Crippen LogP contribution in [-0.2, 0) is 4.79 Å². The van der Waals surface area contributed by atoms with Crippen LogP contribution in [0.2, 0.25) is 0 Å². The molecule has 1 aromatic rings. The molecule has 1 aromatic heterocycles. The number of imide groups is 1. The maximum Gasteiger partial charge on any atom is 0.322 e. The standard InChI is InChI=1S/C12H13N5O3/c18-9(8-5-13-7-14-6-8)17-3-1-12(2-4-17)10(19)15-11(20)16-12/h5-7H,1-4H2,(H2,15,16,19,20). The molecule has 2 saturated heterocycles. The molecule has 0 bridgehead atoms. The third-order valence-electron chi connectivity index (χ3n) is 3.73. The number of amides is 4. The molecule has 2 aliphatic rings. The summed E-state index contributed by atoms with van der Waals surface area (Å²) >= 11 is 0. The van der Waals surface area contributed by atoms with Crippen molar-refractivity contribution < 1.29 is 14.4 Å². The van der Waals surface area contributed by atoms with E-state index in [-0.39, 0.29) is 11.8 Å². The highest BCUT2D eigenvalue weighted by Gasteiger charge is 2.48. The predicted octanol–water partition coefficient (Wildman–Crippen LogP) is -0.709. The summed E-state index contributed by atoms with van der Waals surface area (Å²) in [6.07, 6.45) is 5.10. The van der Waals surface area contributed by atoms with Crippen molar-refractivity contribution in [2.45, 2.75) is 18.4 Å². The first-order chi connectivity index (χ1) is 9.61. The molecule has 8 heteroatoms. The number of likely N-dealkylation sites (tertiary alicyclic amines) is 1. The van der Waals surface area contributed by atoms with E-state index in [2.05, 4.69) is 20.6 Å². The van der Waals surface area contributed by atoms with Crippen LogP contribution < -0.4 is 10.6 Å². The Kier molecular flexibility index (Phi) is 2.85. The fourth-order valence-electron chi connectivity index (χ4n) is 2.56. The van der Waals surface area contributed by atoms with Gasteiger partial charge >= 0.3 is 6.03 Å². The van der Waals surface area contributed by atoms with E-state index < -0.39 is 11.6 Å². The van der Waals surface area contributed by atoms with Gasteiger partial charge in [0.25, 0.3) is 11.8 Å². The first-order valence-electron chi connectivity index (χ1n) is 6.29. The number of hydrogen-bond acceptors (Lipinski definition) is 5. The zero-order valence-corrected chi connectivity index (χ0v) is 10.6. The van der Waals surface area contributed by atoms with E-state index in [1.54, 1.807) is 4.90 Å². The van der Waals surface area contributed by atoms with Crippen molar-refractivity contribution in [2.75, 3.05) is 13.1 Å². The van der Waals surface area contributed by atoms with Crippen molar-refractivity contribution in [2.24, 2.45) is 0 Å². The summed E-state index contributed by atoms with van der Waals surface area (Å²) in [6.45, 7) is 0.808. The smallest absolute Gasteiger partial charge is 0.322 e. The van der Waals surface area contributed by atoms with Gasteiger partial charge in [0.05, 0.1) is 5.56 Å². The molecule has 0 saturated carbocycles. The van der Waals surface area contributed by atoms with Gasteiger partial charge in [0, 0.05) is 25.5 Å². The number of nitrogens with zero attached hydrogens (tertiary/aromatic N) is 3. The minimum Gasteiger partial charge on any atom is -0.338 e. The van der Waals surface area contributed by atoms with Crippen LogP contribution in [0, 0.1) is 0 Å². The lowest BCUT2D eigenvalue weighted by molar-refractivity contribution is -0.125. The molecule has 4 amide bonds. The quantitative estimate of drug-likeness (QED) is 0.659. The molecule has 2 N–H and O–H groups in total. The third kappa shape index (κ3) is 1.98. The van der Waals surface area contributed by atoms with Crippen molar-refractivity contribution in [3.8, 4) is 0 Å². The van der Waals surface area contributed by atoms with Gasteiger partial charge in [-0.1, -0.05) is 0 Å². The van der Waals surface area contributed by atoms with E-state index in [0.717, 1.165) is 0 Å². The summed E-state index contributed by atoms with van der Waals surface area (Å²) in [4.78, 5) is 44.5. The summed E-state index contributed by atoms with van der Waals surface area (Å²) in [5.74, 6) is -0.470. The fraction of sp³-hybridized carbons (Fsp3) is 0.417. The molecule has 0 aliphatic carbocycles. The maximum atomic E-state index is 12.2. The Morgan fingerprint density at radius 1 is 1.20 bits per heavy atom. The molecule has 8 nitrogen and oxygen atoms in total. The zero-order valence-electron chi connectivity index (χ0n) is 10.6. The summed E-state index contributed by atoms with van der Waals surface area (Å²) in [5.41, 5.74) is -0.440. The Morgan fingerprint density at radius 3 is 2.40 bits per heavy atom. The average molecular weight is 275 g/mol. The van der Waals surface area contributed by atoms with Gasteiger partial charge in [-0.2, -0.15) is 0 Å². The minimum atomic E-state index is -0.860. The van der Waals surface area contributed by atoms with E-state index in [4.69, 9.17) is 0 Å².